The highest BCUT2D eigenvalue weighted by Crippen LogP contribution is 2.23. The molecule has 2 aromatic carbocycles. The van der Waals surface area contributed by atoms with Crippen molar-refractivity contribution in [3.8, 4) is 5.75 Å². The van der Waals surface area contributed by atoms with Crippen LogP contribution in [-0.4, -0.2) is 38.9 Å². The number of benzene rings is 2. The Morgan fingerprint density at radius 2 is 1.89 bits per heavy atom. The molecule has 0 atom stereocenters. The van der Waals surface area contributed by atoms with E-state index in [-0.39, 0.29) is 29.9 Å². The molecule has 3 rings (SSSR count). The Hall–Kier alpha value is -2.38. The van der Waals surface area contributed by atoms with Crippen LogP contribution in [0.5, 0.6) is 5.75 Å². The number of para-hydroxylation sites is 1. The second kappa shape index (κ2) is 8.75. The number of carbonyl (C=O) groups excluding carboxylic acids is 1. The van der Waals surface area contributed by atoms with E-state index in [0.717, 1.165) is 17.5 Å². The second-order valence-electron chi connectivity index (χ2n) is 7.15. The molecule has 1 aliphatic heterocycles. The van der Waals surface area contributed by atoms with Gasteiger partial charge in [0.25, 0.3) is 0 Å². The number of rotatable bonds is 7. The number of sulfonamides is 1. The zero-order chi connectivity index (χ0) is 20.1. The zero-order valence-electron chi connectivity index (χ0n) is 16.2. The van der Waals surface area contributed by atoms with Gasteiger partial charge in [-0.3, -0.25) is 4.79 Å². The monoisotopic (exact) mass is 402 g/mol. The van der Waals surface area contributed by atoms with Gasteiger partial charge in [0.2, 0.25) is 15.9 Å². The van der Waals surface area contributed by atoms with Crippen molar-refractivity contribution in [2.75, 3.05) is 19.7 Å². The van der Waals surface area contributed by atoms with Crippen molar-refractivity contribution in [3.63, 3.8) is 0 Å². The molecule has 0 saturated carbocycles. The summed E-state index contributed by atoms with van der Waals surface area (Å²) in [5, 5.41) is 0. The van der Waals surface area contributed by atoms with Crippen molar-refractivity contribution >= 4 is 15.9 Å². The van der Waals surface area contributed by atoms with Gasteiger partial charge in [-0.1, -0.05) is 38.1 Å². The fourth-order valence-electron chi connectivity index (χ4n) is 3.20. The van der Waals surface area contributed by atoms with Gasteiger partial charge in [-0.25, -0.2) is 13.1 Å². The van der Waals surface area contributed by atoms with Crippen LogP contribution in [0, 0.1) is 5.92 Å². The van der Waals surface area contributed by atoms with Gasteiger partial charge in [-0.2, -0.15) is 0 Å². The third kappa shape index (κ3) is 4.91. The minimum Gasteiger partial charge on any atom is -0.492 e. The Balaban J connectivity index is 1.63. The fraction of sp³-hybridized carbons (Fsp3) is 0.381. The maximum Gasteiger partial charge on any atom is 0.240 e. The first-order valence-electron chi connectivity index (χ1n) is 9.45. The predicted octanol–water partition coefficient (Wildman–Crippen LogP) is 2.58. The van der Waals surface area contributed by atoms with Crippen LogP contribution in [0.4, 0.5) is 0 Å². The molecule has 0 spiro atoms. The van der Waals surface area contributed by atoms with Gasteiger partial charge in [0.15, 0.2) is 0 Å². The first-order chi connectivity index (χ1) is 13.4. The largest absolute Gasteiger partial charge is 0.492 e. The number of fused-ring (bicyclic) bond motifs is 1. The van der Waals surface area contributed by atoms with E-state index >= 15 is 0 Å². The number of ether oxygens (including phenoxy) is 1. The molecule has 0 aliphatic carbocycles. The van der Waals surface area contributed by atoms with Crippen molar-refractivity contribution in [2.45, 2.75) is 31.7 Å². The van der Waals surface area contributed by atoms with Crippen molar-refractivity contribution in [3.05, 3.63) is 59.7 Å². The molecular formula is C21H26N2O4S. The van der Waals surface area contributed by atoms with E-state index in [1.54, 1.807) is 17.0 Å². The smallest absolute Gasteiger partial charge is 0.240 e. The van der Waals surface area contributed by atoms with Crippen molar-refractivity contribution in [2.24, 2.45) is 5.92 Å². The molecule has 6 nitrogen and oxygen atoms in total. The van der Waals surface area contributed by atoms with E-state index < -0.39 is 10.0 Å². The number of amides is 1. The summed E-state index contributed by atoms with van der Waals surface area (Å²) in [6.07, 6.45) is 0.743. The average Bonchev–Trinajstić information content (AvgIpc) is 2.70. The van der Waals surface area contributed by atoms with E-state index in [0.29, 0.717) is 18.8 Å². The van der Waals surface area contributed by atoms with Crippen LogP contribution in [-0.2, 0) is 27.8 Å². The molecule has 0 bridgehead atoms. The molecule has 150 valence electrons. The molecular weight excluding hydrogens is 376 g/mol. The van der Waals surface area contributed by atoms with Crippen LogP contribution in [0.15, 0.2) is 53.4 Å². The second-order valence-corrected chi connectivity index (χ2v) is 8.92. The van der Waals surface area contributed by atoms with Crippen LogP contribution in [0.2, 0.25) is 0 Å². The lowest BCUT2D eigenvalue weighted by molar-refractivity contribution is -0.135. The van der Waals surface area contributed by atoms with E-state index in [1.807, 2.05) is 50.2 Å². The Bertz CT molecular complexity index is 927. The number of hydrogen-bond donors (Lipinski definition) is 1. The Labute approximate surface area is 166 Å². The summed E-state index contributed by atoms with van der Waals surface area (Å²) < 4.78 is 33.3. The van der Waals surface area contributed by atoms with Gasteiger partial charge in [0.05, 0.1) is 4.90 Å². The van der Waals surface area contributed by atoms with Crippen LogP contribution in [0.1, 0.15) is 25.0 Å². The number of nitrogens with one attached hydrogen (secondary N) is 1. The standard InChI is InChI=1S/C21H26N2O4S/c1-16(2)21(24)23-12-10-17-8-9-20(14-18(17)15-23)28(25,26)22-11-13-27-19-6-4-3-5-7-19/h3-9,14,16,22H,10-13,15H2,1-2H3. The number of nitrogens with zero attached hydrogens (tertiary/aromatic N) is 1. The van der Waals surface area contributed by atoms with E-state index in [2.05, 4.69) is 4.72 Å². The van der Waals surface area contributed by atoms with E-state index in [4.69, 9.17) is 4.74 Å². The minimum atomic E-state index is -3.64. The van der Waals surface area contributed by atoms with Gasteiger partial charge in [0, 0.05) is 25.6 Å². The Morgan fingerprint density at radius 1 is 1.14 bits per heavy atom. The fourth-order valence-corrected chi connectivity index (χ4v) is 4.26. The van der Waals surface area contributed by atoms with Gasteiger partial charge < -0.3 is 9.64 Å². The molecule has 7 heteroatoms. The lowest BCUT2D eigenvalue weighted by Gasteiger charge is -2.30. The van der Waals surface area contributed by atoms with Gasteiger partial charge in [0.1, 0.15) is 12.4 Å². The molecule has 0 aromatic heterocycles. The Kier molecular flexibility index (Phi) is 6.36. The van der Waals surface area contributed by atoms with Crippen LogP contribution in [0.25, 0.3) is 0 Å². The van der Waals surface area contributed by atoms with Crippen LogP contribution in [0.3, 0.4) is 0 Å². The first kappa shape index (κ1) is 20.4. The molecule has 1 amide bonds. The average molecular weight is 403 g/mol. The van der Waals surface area contributed by atoms with Gasteiger partial charge >= 0.3 is 0 Å². The molecule has 0 radical (unpaired) electrons. The van der Waals surface area contributed by atoms with Crippen LogP contribution >= 0.6 is 0 Å². The van der Waals surface area contributed by atoms with Gasteiger partial charge in [-0.05, 0) is 41.8 Å². The van der Waals surface area contributed by atoms with E-state index in [9.17, 15) is 13.2 Å². The van der Waals surface area contributed by atoms with Gasteiger partial charge in [-0.15, -0.1) is 0 Å². The highest BCUT2D eigenvalue weighted by Gasteiger charge is 2.24. The highest BCUT2D eigenvalue weighted by molar-refractivity contribution is 7.89. The highest BCUT2D eigenvalue weighted by atomic mass is 32.2. The molecule has 1 heterocycles. The topological polar surface area (TPSA) is 75.7 Å². The number of hydrogen-bond acceptors (Lipinski definition) is 4. The summed E-state index contributed by atoms with van der Waals surface area (Å²) in [5.74, 6) is 0.722. The predicted molar refractivity (Wildman–Crippen MR) is 108 cm³/mol. The summed E-state index contributed by atoms with van der Waals surface area (Å²) >= 11 is 0. The normalized spacial score (nSPS) is 14.0. The third-order valence-corrected chi connectivity index (χ3v) is 6.17. The summed E-state index contributed by atoms with van der Waals surface area (Å²) in [5.41, 5.74) is 1.99. The molecule has 28 heavy (non-hydrogen) atoms. The summed E-state index contributed by atoms with van der Waals surface area (Å²) in [6.45, 7) is 5.29. The maximum absolute atomic E-state index is 12.6. The van der Waals surface area contributed by atoms with Crippen molar-refractivity contribution in [1.82, 2.24) is 9.62 Å². The first-order valence-corrected chi connectivity index (χ1v) is 10.9. The maximum atomic E-state index is 12.6. The lowest BCUT2D eigenvalue weighted by atomic mass is 9.99. The Morgan fingerprint density at radius 3 is 2.61 bits per heavy atom. The molecule has 0 fully saturated rings. The SMILES string of the molecule is CC(C)C(=O)N1CCc2ccc(S(=O)(=O)NCCOc3ccccc3)cc2C1. The third-order valence-electron chi connectivity index (χ3n) is 4.71. The summed E-state index contributed by atoms with van der Waals surface area (Å²) in [4.78, 5) is 14.3. The molecule has 0 unspecified atom stereocenters. The lowest BCUT2D eigenvalue weighted by Crippen LogP contribution is -2.38. The van der Waals surface area contributed by atoms with Crippen molar-refractivity contribution < 1.29 is 17.9 Å². The zero-order valence-corrected chi connectivity index (χ0v) is 17.0. The molecule has 2 aromatic rings. The van der Waals surface area contributed by atoms with Crippen molar-refractivity contribution in [1.29, 1.82) is 0 Å². The quantitative estimate of drug-likeness (QED) is 0.723. The van der Waals surface area contributed by atoms with Crippen LogP contribution < -0.4 is 9.46 Å². The molecule has 0 saturated heterocycles. The minimum absolute atomic E-state index is 0.0697. The van der Waals surface area contributed by atoms with E-state index in [1.165, 1.54) is 0 Å². The molecule has 1 aliphatic rings. The summed E-state index contributed by atoms with van der Waals surface area (Å²) in [7, 11) is -3.64. The number of carbonyl (C=O) groups is 1. The summed E-state index contributed by atoms with van der Waals surface area (Å²) in [6, 6.07) is 14.4. The molecule has 1 N–H and O–H groups in total.